The van der Waals surface area contributed by atoms with Gasteiger partial charge in [0, 0.05) is 19.3 Å². The summed E-state index contributed by atoms with van der Waals surface area (Å²) in [6.07, 6.45) is 3.33. The monoisotopic (exact) mass is 283 g/mol. The minimum atomic E-state index is -3.32. The summed E-state index contributed by atoms with van der Waals surface area (Å²) in [6.45, 7) is 3.49. The van der Waals surface area contributed by atoms with E-state index in [0.717, 1.165) is 12.8 Å². The average Bonchev–Trinajstić information content (AvgIpc) is 2.47. The highest BCUT2D eigenvalue weighted by Crippen LogP contribution is 2.27. The molecule has 2 N–H and O–H groups in total. The Bertz CT molecular complexity index is 496. The Labute approximate surface area is 114 Å². The Balaban J connectivity index is 2.11. The van der Waals surface area contributed by atoms with Crippen LogP contribution in [0.25, 0.3) is 0 Å². The molecular weight excluding hydrogens is 262 g/mol. The molecule has 5 nitrogen and oxygen atoms in total. The van der Waals surface area contributed by atoms with Crippen molar-refractivity contribution in [2.45, 2.75) is 25.0 Å². The van der Waals surface area contributed by atoms with Crippen LogP contribution >= 0.6 is 0 Å². The van der Waals surface area contributed by atoms with Gasteiger partial charge in [-0.15, -0.1) is 0 Å². The smallest absolute Gasteiger partial charge is 0.222 e. The molecule has 0 amide bonds. The molecule has 1 aliphatic rings. The van der Waals surface area contributed by atoms with Crippen LogP contribution in [-0.4, -0.2) is 37.3 Å². The van der Waals surface area contributed by atoms with Crippen LogP contribution in [0.2, 0.25) is 0 Å². The highest BCUT2D eigenvalue weighted by Gasteiger charge is 2.33. The highest BCUT2D eigenvalue weighted by molar-refractivity contribution is 7.89. The number of nitrogens with zero attached hydrogens (tertiary/aromatic N) is 2. The third-order valence-electron chi connectivity index (χ3n) is 3.82. The van der Waals surface area contributed by atoms with Crippen molar-refractivity contribution in [3.8, 4) is 0 Å². The van der Waals surface area contributed by atoms with Gasteiger partial charge in [0.05, 0.1) is 5.69 Å². The van der Waals surface area contributed by atoms with Gasteiger partial charge in [0.2, 0.25) is 10.0 Å². The molecule has 6 heteroatoms. The summed E-state index contributed by atoms with van der Waals surface area (Å²) in [4.78, 5) is 4.15. The second-order valence-electron chi connectivity index (χ2n) is 5.02. The van der Waals surface area contributed by atoms with E-state index in [4.69, 9.17) is 5.73 Å². The van der Waals surface area contributed by atoms with Crippen LogP contribution in [0.15, 0.2) is 24.4 Å². The molecule has 1 aliphatic heterocycles. The zero-order chi connectivity index (χ0) is 13.9. The van der Waals surface area contributed by atoms with E-state index in [1.165, 1.54) is 0 Å². The van der Waals surface area contributed by atoms with Crippen LogP contribution in [0.4, 0.5) is 0 Å². The average molecular weight is 283 g/mol. The van der Waals surface area contributed by atoms with Crippen LogP contribution in [0.1, 0.15) is 30.7 Å². The summed E-state index contributed by atoms with van der Waals surface area (Å²) < 4.78 is 26.7. The Hall–Kier alpha value is -0.980. The number of rotatable bonds is 4. The number of aromatic nitrogens is 1. The largest absolute Gasteiger partial charge is 0.330 e. The Morgan fingerprint density at radius 3 is 2.63 bits per heavy atom. The van der Waals surface area contributed by atoms with E-state index in [1.54, 1.807) is 29.6 Å². The summed E-state index contributed by atoms with van der Waals surface area (Å²) in [5, 5.41) is -0.594. The number of hydrogen-bond acceptors (Lipinski definition) is 4. The first-order valence-electron chi connectivity index (χ1n) is 6.65. The van der Waals surface area contributed by atoms with Crippen molar-refractivity contribution < 1.29 is 8.42 Å². The molecular formula is C13H21N3O2S. The fourth-order valence-electron chi connectivity index (χ4n) is 2.39. The van der Waals surface area contributed by atoms with Crippen LogP contribution < -0.4 is 5.73 Å². The molecule has 1 fully saturated rings. The van der Waals surface area contributed by atoms with Gasteiger partial charge in [0.1, 0.15) is 5.25 Å². The molecule has 2 rings (SSSR count). The fourth-order valence-corrected chi connectivity index (χ4v) is 4.00. The van der Waals surface area contributed by atoms with Crippen LogP contribution in [0, 0.1) is 5.92 Å². The molecule has 19 heavy (non-hydrogen) atoms. The van der Waals surface area contributed by atoms with Crippen molar-refractivity contribution in [2.24, 2.45) is 11.7 Å². The number of piperidine rings is 1. The Kier molecular flexibility index (Phi) is 4.54. The molecule has 0 bridgehead atoms. The molecule has 1 saturated heterocycles. The fraction of sp³-hybridized carbons (Fsp3) is 0.615. The maximum absolute atomic E-state index is 12.5. The van der Waals surface area contributed by atoms with E-state index in [0.29, 0.717) is 31.2 Å². The van der Waals surface area contributed by atoms with Gasteiger partial charge in [-0.3, -0.25) is 4.98 Å². The SMILES string of the molecule is C[C@@H](c1ccccn1)S(=O)(=O)N1CCC(CN)CC1. The van der Waals surface area contributed by atoms with Gasteiger partial charge in [-0.05, 0) is 44.4 Å². The molecule has 0 saturated carbocycles. The zero-order valence-corrected chi connectivity index (χ0v) is 12.0. The van der Waals surface area contributed by atoms with Crippen molar-refractivity contribution in [2.75, 3.05) is 19.6 Å². The van der Waals surface area contributed by atoms with Crippen molar-refractivity contribution in [1.29, 1.82) is 0 Å². The lowest BCUT2D eigenvalue weighted by molar-refractivity contribution is 0.276. The van der Waals surface area contributed by atoms with E-state index in [-0.39, 0.29) is 0 Å². The number of hydrogen-bond donors (Lipinski definition) is 1. The van der Waals surface area contributed by atoms with Crippen molar-refractivity contribution in [3.05, 3.63) is 30.1 Å². The van der Waals surface area contributed by atoms with Gasteiger partial charge in [0.25, 0.3) is 0 Å². The molecule has 0 aromatic carbocycles. The Morgan fingerprint density at radius 2 is 2.11 bits per heavy atom. The molecule has 1 aromatic heterocycles. The van der Waals surface area contributed by atoms with Gasteiger partial charge >= 0.3 is 0 Å². The van der Waals surface area contributed by atoms with Gasteiger partial charge in [-0.25, -0.2) is 12.7 Å². The first kappa shape index (κ1) is 14.4. The molecule has 1 aromatic rings. The third-order valence-corrected chi connectivity index (χ3v) is 6.04. The lowest BCUT2D eigenvalue weighted by Crippen LogP contribution is -2.41. The van der Waals surface area contributed by atoms with E-state index < -0.39 is 15.3 Å². The number of pyridine rings is 1. The van der Waals surface area contributed by atoms with Crippen molar-refractivity contribution >= 4 is 10.0 Å². The van der Waals surface area contributed by atoms with Crippen molar-refractivity contribution in [3.63, 3.8) is 0 Å². The second-order valence-corrected chi connectivity index (χ2v) is 7.27. The maximum Gasteiger partial charge on any atom is 0.222 e. The van der Waals surface area contributed by atoms with Crippen LogP contribution in [0.3, 0.4) is 0 Å². The summed E-state index contributed by atoms with van der Waals surface area (Å²) in [5.41, 5.74) is 6.23. The van der Waals surface area contributed by atoms with Crippen LogP contribution in [-0.2, 0) is 10.0 Å². The van der Waals surface area contributed by atoms with Crippen LogP contribution in [0.5, 0.6) is 0 Å². The standard InChI is InChI=1S/C13H21N3O2S/c1-11(13-4-2-3-7-15-13)19(17,18)16-8-5-12(10-14)6-9-16/h2-4,7,11-12H,5-6,8-10,14H2,1H3/t11-/m0/s1. The minimum absolute atomic E-state index is 0.455. The lowest BCUT2D eigenvalue weighted by Gasteiger charge is -2.32. The quantitative estimate of drug-likeness (QED) is 0.899. The van der Waals surface area contributed by atoms with Gasteiger partial charge in [-0.2, -0.15) is 0 Å². The molecule has 0 aliphatic carbocycles. The lowest BCUT2D eigenvalue weighted by atomic mass is 9.99. The summed E-state index contributed by atoms with van der Waals surface area (Å²) in [7, 11) is -3.32. The Morgan fingerprint density at radius 1 is 1.42 bits per heavy atom. The maximum atomic E-state index is 12.5. The first-order valence-corrected chi connectivity index (χ1v) is 8.16. The molecule has 2 heterocycles. The predicted octanol–water partition coefficient (Wildman–Crippen LogP) is 1.14. The molecule has 0 spiro atoms. The normalized spacial score (nSPS) is 20.3. The third kappa shape index (κ3) is 3.13. The van der Waals surface area contributed by atoms with E-state index >= 15 is 0 Å². The number of nitrogens with two attached hydrogens (primary N) is 1. The highest BCUT2D eigenvalue weighted by atomic mass is 32.2. The van der Waals surface area contributed by atoms with E-state index in [2.05, 4.69) is 4.98 Å². The van der Waals surface area contributed by atoms with Crippen molar-refractivity contribution in [1.82, 2.24) is 9.29 Å². The topological polar surface area (TPSA) is 76.3 Å². The second kappa shape index (κ2) is 5.98. The van der Waals surface area contributed by atoms with Gasteiger partial charge in [-0.1, -0.05) is 6.07 Å². The molecule has 0 radical (unpaired) electrons. The van der Waals surface area contributed by atoms with Gasteiger partial charge < -0.3 is 5.73 Å². The van der Waals surface area contributed by atoms with Gasteiger partial charge in [0.15, 0.2) is 0 Å². The summed E-state index contributed by atoms with van der Waals surface area (Å²) >= 11 is 0. The minimum Gasteiger partial charge on any atom is -0.330 e. The van der Waals surface area contributed by atoms with E-state index in [9.17, 15) is 8.42 Å². The zero-order valence-electron chi connectivity index (χ0n) is 11.2. The molecule has 1 atom stereocenters. The first-order chi connectivity index (χ1) is 9.05. The van der Waals surface area contributed by atoms with E-state index in [1.807, 2.05) is 6.07 Å². The summed E-state index contributed by atoms with van der Waals surface area (Å²) in [6, 6.07) is 5.36. The predicted molar refractivity (Wildman–Crippen MR) is 74.9 cm³/mol. The summed E-state index contributed by atoms with van der Waals surface area (Å²) in [5.74, 6) is 0.455. The molecule has 106 valence electrons. The number of sulfonamides is 1. The molecule has 0 unspecified atom stereocenters.